The van der Waals surface area contributed by atoms with Gasteiger partial charge in [-0.15, -0.1) is 0 Å². The molecule has 2 N–H and O–H groups in total. The summed E-state index contributed by atoms with van der Waals surface area (Å²) in [5.74, 6) is 0.394. The summed E-state index contributed by atoms with van der Waals surface area (Å²) in [5.41, 5.74) is 5.51. The molecule has 0 radical (unpaired) electrons. The molecule has 3 rings (SSSR count). The Hall–Kier alpha value is -3.40. The summed E-state index contributed by atoms with van der Waals surface area (Å²) >= 11 is 2.11. The lowest BCUT2D eigenvalue weighted by atomic mass is 10.2. The molecule has 0 saturated heterocycles. The van der Waals surface area contributed by atoms with Crippen molar-refractivity contribution in [2.75, 3.05) is 18.5 Å². The number of carbonyl (C=O) groups excluding carboxylic acids is 2. The van der Waals surface area contributed by atoms with E-state index in [-0.39, 0.29) is 18.4 Å². The van der Waals surface area contributed by atoms with Gasteiger partial charge in [0, 0.05) is 11.3 Å². The van der Waals surface area contributed by atoms with E-state index in [0.717, 1.165) is 9.13 Å². The first-order chi connectivity index (χ1) is 16.0. The average molecular weight is 557 g/mol. The van der Waals surface area contributed by atoms with Crippen LogP contribution >= 0.6 is 22.6 Å². The van der Waals surface area contributed by atoms with Gasteiger partial charge in [0.25, 0.3) is 11.8 Å². The molecular formula is C25H24IN3O4. The molecule has 3 aromatic carbocycles. The van der Waals surface area contributed by atoms with Gasteiger partial charge in [0.1, 0.15) is 0 Å². The van der Waals surface area contributed by atoms with Crippen LogP contribution in [0.4, 0.5) is 5.69 Å². The number of nitrogens with one attached hydrogen (secondary N) is 2. The van der Waals surface area contributed by atoms with Crippen LogP contribution in [-0.4, -0.2) is 31.2 Å². The molecule has 33 heavy (non-hydrogen) atoms. The minimum Gasteiger partial charge on any atom is -0.490 e. The highest BCUT2D eigenvalue weighted by Gasteiger charge is 2.14. The predicted molar refractivity (Wildman–Crippen MR) is 137 cm³/mol. The van der Waals surface area contributed by atoms with Gasteiger partial charge < -0.3 is 14.8 Å². The largest absolute Gasteiger partial charge is 0.490 e. The molecule has 0 aliphatic heterocycles. The summed E-state index contributed by atoms with van der Waals surface area (Å²) in [7, 11) is 0. The second-order valence-corrected chi connectivity index (χ2v) is 8.20. The van der Waals surface area contributed by atoms with Crippen LogP contribution in [0.3, 0.4) is 0 Å². The third-order valence-electron chi connectivity index (χ3n) is 4.40. The lowest BCUT2D eigenvalue weighted by Gasteiger charge is -2.14. The Morgan fingerprint density at radius 3 is 2.55 bits per heavy atom. The standard InChI is InChI=1S/C25H24IN3O4/c1-3-32-22-14-18(15-27-29-25(31)19-9-5-4-6-10-19)13-21(26)24(22)33-16-23(30)28-20-11-7-8-17(2)12-20/h4-15H,3,16H2,1-2H3,(H,28,30)(H,29,31)/b27-15+. The van der Waals surface area contributed by atoms with Gasteiger partial charge in [-0.2, -0.15) is 5.10 Å². The SMILES string of the molecule is CCOc1cc(/C=N/NC(=O)c2ccccc2)cc(I)c1OCC(=O)Nc1cccc(C)c1. The van der Waals surface area contributed by atoms with Gasteiger partial charge in [-0.25, -0.2) is 5.43 Å². The Morgan fingerprint density at radius 1 is 1.03 bits per heavy atom. The Morgan fingerprint density at radius 2 is 1.82 bits per heavy atom. The number of aryl methyl sites for hydroxylation is 1. The topological polar surface area (TPSA) is 89.0 Å². The zero-order valence-corrected chi connectivity index (χ0v) is 20.5. The number of nitrogens with zero attached hydrogens (tertiary/aromatic N) is 1. The molecule has 0 aliphatic rings. The van der Waals surface area contributed by atoms with Crippen LogP contribution in [0.15, 0.2) is 71.8 Å². The fourth-order valence-electron chi connectivity index (χ4n) is 2.94. The molecule has 0 aliphatic carbocycles. The Bertz CT molecular complexity index is 1150. The van der Waals surface area contributed by atoms with Gasteiger partial charge in [0.05, 0.1) is 16.4 Å². The lowest BCUT2D eigenvalue weighted by molar-refractivity contribution is -0.118. The van der Waals surface area contributed by atoms with Crippen molar-refractivity contribution in [1.29, 1.82) is 0 Å². The molecule has 0 bridgehead atoms. The van der Waals surface area contributed by atoms with Crippen LogP contribution in [0, 0.1) is 10.5 Å². The normalized spacial score (nSPS) is 10.6. The molecule has 0 heterocycles. The van der Waals surface area contributed by atoms with Gasteiger partial charge in [-0.05, 0) is 84.0 Å². The number of benzene rings is 3. The molecule has 0 spiro atoms. The summed E-state index contributed by atoms with van der Waals surface area (Å²) in [6.07, 6.45) is 1.53. The van der Waals surface area contributed by atoms with Crippen molar-refractivity contribution in [1.82, 2.24) is 5.43 Å². The minimum atomic E-state index is -0.300. The third-order valence-corrected chi connectivity index (χ3v) is 5.20. The molecule has 0 unspecified atom stereocenters. The fraction of sp³-hybridized carbons (Fsp3) is 0.160. The summed E-state index contributed by atoms with van der Waals surface area (Å²) < 4.78 is 12.2. The zero-order valence-electron chi connectivity index (χ0n) is 18.3. The lowest BCUT2D eigenvalue weighted by Crippen LogP contribution is -2.20. The highest BCUT2D eigenvalue weighted by atomic mass is 127. The monoisotopic (exact) mass is 557 g/mol. The minimum absolute atomic E-state index is 0.162. The summed E-state index contributed by atoms with van der Waals surface area (Å²) in [5, 5.41) is 6.85. The van der Waals surface area contributed by atoms with Crippen LogP contribution in [0.5, 0.6) is 11.5 Å². The number of amides is 2. The second kappa shape index (κ2) is 12.0. The third kappa shape index (κ3) is 7.31. The molecule has 3 aromatic rings. The maximum atomic E-state index is 12.3. The van der Waals surface area contributed by atoms with Crippen LogP contribution < -0.4 is 20.2 Å². The average Bonchev–Trinajstić information content (AvgIpc) is 2.79. The van der Waals surface area contributed by atoms with E-state index in [1.807, 2.05) is 50.2 Å². The van der Waals surface area contributed by atoms with Crippen molar-refractivity contribution in [3.63, 3.8) is 0 Å². The van der Waals surface area contributed by atoms with E-state index in [4.69, 9.17) is 9.47 Å². The van der Waals surface area contributed by atoms with E-state index >= 15 is 0 Å². The Labute approximate surface area is 206 Å². The first-order valence-corrected chi connectivity index (χ1v) is 11.4. The molecule has 0 atom stereocenters. The molecular weight excluding hydrogens is 533 g/mol. The first kappa shape index (κ1) is 24.2. The summed E-state index contributed by atoms with van der Waals surface area (Å²) in [4.78, 5) is 24.4. The van der Waals surface area contributed by atoms with Crippen LogP contribution in [0.2, 0.25) is 0 Å². The predicted octanol–water partition coefficient (Wildman–Crippen LogP) is 4.78. The maximum Gasteiger partial charge on any atom is 0.271 e. The van der Waals surface area contributed by atoms with Crippen molar-refractivity contribution in [2.24, 2.45) is 5.10 Å². The van der Waals surface area contributed by atoms with Gasteiger partial charge in [0.15, 0.2) is 18.1 Å². The van der Waals surface area contributed by atoms with Crippen LogP contribution in [0.1, 0.15) is 28.4 Å². The van der Waals surface area contributed by atoms with Crippen molar-refractivity contribution >= 4 is 46.3 Å². The molecule has 0 saturated carbocycles. The van der Waals surface area contributed by atoms with Crippen molar-refractivity contribution in [3.8, 4) is 11.5 Å². The quantitative estimate of drug-likeness (QED) is 0.225. The Kier molecular flexibility index (Phi) is 8.82. The summed E-state index contributed by atoms with van der Waals surface area (Å²) in [6.45, 7) is 4.08. The first-order valence-electron chi connectivity index (χ1n) is 10.3. The highest BCUT2D eigenvalue weighted by molar-refractivity contribution is 14.1. The molecule has 0 fully saturated rings. The highest BCUT2D eigenvalue weighted by Crippen LogP contribution is 2.34. The summed E-state index contributed by atoms with van der Waals surface area (Å²) in [6, 6.07) is 20.0. The van der Waals surface area contributed by atoms with Crippen LogP contribution in [0.25, 0.3) is 0 Å². The smallest absolute Gasteiger partial charge is 0.271 e. The van der Waals surface area contributed by atoms with E-state index < -0.39 is 0 Å². The number of hydrogen-bond donors (Lipinski definition) is 2. The zero-order chi connectivity index (χ0) is 23.6. The molecule has 2 amide bonds. The molecule has 0 aromatic heterocycles. The second-order valence-electron chi connectivity index (χ2n) is 7.03. The van der Waals surface area contributed by atoms with E-state index in [1.165, 1.54) is 6.21 Å². The van der Waals surface area contributed by atoms with Crippen molar-refractivity contribution in [2.45, 2.75) is 13.8 Å². The number of ether oxygens (including phenoxy) is 2. The molecule has 8 heteroatoms. The van der Waals surface area contributed by atoms with Crippen molar-refractivity contribution in [3.05, 3.63) is 87.0 Å². The number of rotatable bonds is 9. The molecule has 170 valence electrons. The number of hydrazone groups is 1. The number of anilines is 1. The van der Waals surface area contributed by atoms with Crippen LogP contribution in [-0.2, 0) is 4.79 Å². The van der Waals surface area contributed by atoms with E-state index in [0.29, 0.717) is 34.9 Å². The maximum absolute atomic E-state index is 12.3. The Balaban J connectivity index is 1.66. The van der Waals surface area contributed by atoms with Crippen molar-refractivity contribution < 1.29 is 19.1 Å². The van der Waals surface area contributed by atoms with Gasteiger partial charge in [-0.1, -0.05) is 30.3 Å². The van der Waals surface area contributed by atoms with E-state index in [2.05, 4.69) is 38.4 Å². The van der Waals surface area contributed by atoms with Gasteiger partial charge >= 0.3 is 0 Å². The van der Waals surface area contributed by atoms with Gasteiger partial charge in [-0.3, -0.25) is 9.59 Å². The van der Waals surface area contributed by atoms with Gasteiger partial charge in [0.2, 0.25) is 0 Å². The number of carbonyl (C=O) groups is 2. The number of halogens is 1. The molecule has 7 nitrogen and oxygen atoms in total. The van der Waals surface area contributed by atoms with E-state index in [1.54, 1.807) is 30.3 Å². The fourth-order valence-corrected chi connectivity index (χ4v) is 3.72. The van der Waals surface area contributed by atoms with E-state index in [9.17, 15) is 9.59 Å². The number of hydrogen-bond acceptors (Lipinski definition) is 5.